The van der Waals surface area contributed by atoms with Gasteiger partial charge >= 0.3 is 0 Å². The van der Waals surface area contributed by atoms with Crippen molar-refractivity contribution in [2.24, 2.45) is 0 Å². The first-order valence-electron chi connectivity index (χ1n) is 5.32. The van der Waals surface area contributed by atoms with Crippen molar-refractivity contribution in [3.05, 3.63) is 23.3 Å². The van der Waals surface area contributed by atoms with Crippen LogP contribution in [0.15, 0.2) is 23.3 Å². The summed E-state index contributed by atoms with van der Waals surface area (Å²) in [5, 5.41) is 9.52. The molecule has 14 heavy (non-hydrogen) atoms. The van der Waals surface area contributed by atoms with Gasteiger partial charge in [0.25, 0.3) is 0 Å². The number of hydrogen-bond donors (Lipinski definition) is 1. The molecule has 0 amide bonds. The first-order chi connectivity index (χ1) is 6.31. The molecule has 0 aliphatic rings. The molecule has 0 saturated carbocycles. The van der Waals surface area contributed by atoms with Gasteiger partial charge in [0, 0.05) is 0 Å². The van der Waals surface area contributed by atoms with Gasteiger partial charge in [0.05, 0.1) is 5.60 Å². The van der Waals surface area contributed by atoms with Crippen LogP contribution in [-0.4, -0.2) is 10.7 Å². The van der Waals surface area contributed by atoms with Crippen LogP contribution < -0.4 is 0 Å². The Morgan fingerprint density at radius 3 is 2.14 bits per heavy atom. The van der Waals surface area contributed by atoms with Gasteiger partial charge in [-0.2, -0.15) is 0 Å². The molecule has 0 unspecified atom stereocenters. The highest BCUT2D eigenvalue weighted by atomic mass is 16.3. The first kappa shape index (κ1) is 13.4. The van der Waals surface area contributed by atoms with E-state index < -0.39 is 5.60 Å². The van der Waals surface area contributed by atoms with Crippen molar-refractivity contribution in [1.82, 2.24) is 0 Å². The fourth-order valence-corrected chi connectivity index (χ4v) is 1.11. The number of rotatable bonds is 5. The second-order valence-electron chi connectivity index (χ2n) is 4.89. The van der Waals surface area contributed by atoms with E-state index in [-0.39, 0.29) is 0 Å². The van der Waals surface area contributed by atoms with E-state index in [4.69, 9.17) is 0 Å². The zero-order chi connectivity index (χ0) is 11.2. The topological polar surface area (TPSA) is 20.2 Å². The summed E-state index contributed by atoms with van der Waals surface area (Å²) in [4.78, 5) is 0. The lowest BCUT2D eigenvalue weighted by molar-refractivity contribution is 0.0836. The van der Waals surface area contributed by atoms with Gasteiger partial charge in [0.15, 0.2) is 0 Å². The summed E-state index contributed by atoms with van der Waals surface area (Å²) in [5.74, 6) is 0. The lowest BCUT2D eigenvalue weighted by Crippen LogP contribution is -2.16. The SMILES string of the molecule is CC(C)=CCC/C(C)=C/CC(C)(C)O. The van der Waals surface area contributed by atoms with Gasteiger partial charge in [-0.25, -0.2) is 0 Å². The summed E-state index contributed by atoms with van der Waals surface area (Å²) in [5.41, 5.74) is 2.17. The summed E-state index contributed by atoms with van der Waals surface area (Å²) >= 11 is 0. The van der Waals surface area contributed by atoms with Gasteiger partial charge < -0.3 is 5.11 Å². The highest BCUT2D eigenvalue weighted by molar-refractivity contribution is 5.03. The fourth-order valence-electron chi connectivity index (χ4n) is 1.11. The van der Waals surface area contributed by atoms with Crippen LogP contribution in [0.2, 0.25) is 0 Å². The van der Waals surface area contributed by atoms with Crippen molar-refractivity contribution in [3.63, 3.8) is 0 Å². The van der Waals surface area contributed by atoms with E-state index in [0.717, 1.165) is 19.3 Å². The molecule has 1 heteroatoms. The third-order valence-electron chi connectivity index (χ3n) is 2.04. The number of aliphatic hydroxyl groups is 1. The zero-order valence-electron chi connectivity index (χ0n) is 10.2. The van der Waals surface area contributed by atoms with E-state index in [2.05, 4.69) is 32.9 Å². The molecular weight excluding hydrogens is 172 g/mol. The highest BCUT2D eigenvalue weighted by Gasteiger charge is 2.09. The molecule has 0 bridgehead atoms. The average Bonchev–Trinajstić information content (AvgIpc) is 1.99. The summed E-state index contributed by atoms with van der Waals surface area (Å²) in [6, 6.07) is 0. The largest absolute Gasteiger partial charge is 0.390 e. The molecule has 1 N–H and O–H groups in total. The number of allylic oxidation sites excluding steroid dienone is 3. The molecule has 0 aliphatic carbocycles. The normalized spacial score (nSPS) is 12.9. The molecule has 82 valence electrons. The van der Waals surface area contributed by atoms with Crippen LogP contribution in [0.4, 0.5) is 0 Å². The minimum atomic E-state index is -0.572. The van der Waals surface area contributed by atoms with Crippen LogP contribution in [0, 0.1) is 0 Å². The van der Waals surface area contributed by atoms with Gasteiger partial charge in [0.2, 0.25) is 0 Å². The smallest absolute Gasteiger partial charge is 0.0626 e. The zero-order valence-corrected chi connectivity index (χ0v) is 10.2. The molecule has 0 radical (unpaired) electrons. The molecule has 0 aromatic heterocycles. The van der Waals surface area contributed by atoms with E-state index >= 15 is 0 Å². The Bertz CT molecular complexity index is 212. The Kier molecular flexibility index (Phi) is 5.78. The minimum Gasteiger partial charge on any atom is -0.390 e. The average molecular weight is 196 g/mol. The standard InChI is InChI=1S/C13H24O/c1-11(2)7-6-8-12(3)9-10-13(4,5)14/h7,9,14H,6,8,10H2,1-5H3/b12-9+. The van der Waals surface area contributed by atoms with Gasteiger partial charge in [-0.3, -0.25) is 0 Å². The monoisotopic (exact) mass is 196 g/mol. The second kappa shape index (κ2) is 6.02. The van der Waals surface area contributed by atoms with Crippen molar-refractivity contribution in [3.8, 4) is 0 Å². The summed E-state index contributed by atoms with van der Waals surface area (Å²) in [7, 11) is 0. The highest BCUT2D eigenvalue weighted by Crippen LogP contribution is 2.13. The van der Waals surface area contributed by atoms with E-state index in [9.17, 15) is 5.11 Å². The molecule has 0 heterocycles. The maximum absolute atomic E-state index is 9.52. The van der Waals surface area contributed by atoms with E-state index in [0.29, 0.717) is 0 Å². The Labute approximate surface area is 88.5 Å². The van der Waals surface area contributed by atoms with Crippen LogP contribution in [-0.2, 0) is 0 Å². The minimum absolute atomic E-state index is 0.572. The van der Waals surface area contributed by atoms with Crippen molar-refractivity contribution >= 4 is 0 Å². The Balaban J connectivity index is 3.85. The molecule has 0 aromatic rings. The molecule has 0 fully saturated rings. The van der Waals surface area contributed by atoms with E-state index in [1.54, 1.807) is 0 Å². The van der Waals surface area contributed by atoms with Crippen molar-refractivity contribution in [1.29, 1.82) is 0 Å². The van der Waals surface area contributed by atoms with Crippen LogP contribution >= 0.6 is 0 Å². The molecule has 0 saturated heterocycles. The Hall–Kier alpha value is -0.560. The summed E-state index contributed by atoms with van der Waals surface area (Å²) in [6.07, 6.45) is 7.34. The van der Waals surface area contributed by atoms with Crippen LogP contribution in [0.3, 0.4) is 0 Å². The van der Waals surface area contributed by atoms with E-state index in [1.165, 1.54) is 11.1 Å². The first-order valence-corrected chi connectivity index (χ1v) is 5.32. The van der Waals surface area contributed by atoms with Crippen LogP contribution in [0.5, 0.6) is 0 Å². The van der Waals surface area contributed by atoms with Crippen molar-refractivity contribution in [2.45, 2.75) is 59.5 Å². The van der Waals surface area contributed by atoms with Crippen LogP contribution in [0.1, 0.15) is 53.9 Å². The number of hydrogen-bond acceptors (Lipinski definition) is 1. The molecule has 1 nitrogen and oxygen atoms in total. The molecular formula is C13H24O. The summed E-state index contributed by atoms with van der Waals surface area (Å²) < 4.78 is 0. The lowest BCUT2D eigenvalue weighted by Gasteiger charge is -2.14. The third kappa shape index (κ3) is 9.53. The second-order valence-corrected chi connectivity index (χ2v) is 4.89. The molecule has 0 aromatic carbocycles. The fraction of sp³-hybridized carbons (Fsp3) is 0.692. The maximum Gasteiger partial charge on any atom is 0.0626 e. The summed E-state index contributed by atoms with van der Waals surface area (Å²) in [6.45, 7) is 10.1. The molecule has 0 atom stereocenters. The van der Waals surface area contributed by atoms with Crippen LogP contribution in [0.25, 0.3) is 0 Å². The van der Waals surface area contributed by atoms with Gasteiger partial charge in [0.1, 0.15) is 0 Å². The molecule has 0 rings (SSSR count). The quantitative estimate of drug-likeness (QED) is 0.662. The lowest BCUT2D eigenvalue weighted by atomic mass is 10.0. The predicted molar refractivity (Wildman–Crippen MR) is 63.3 cm³/mol. The maximum atomic E-state index is 9.52. The Morgan fingerprint density at radius 2 is 1.71 bits per heavy atom. The van der Waals surface area contributed by atoms with Gasteiger partial charge in [-0.1, -0.05) is 23.3 Å². The third-order valence-corrected chi connectivity index (χ3v) is 2.04. The molecule has 0 aliphatic heterocycles. The molecule has 0 spiro atoms. The van der Waals surface area contributed by atoms with Gasteiger partial charge in [-0.15, -0.1) is 0 Å². The predicted octanol–water partition coefficient (Wildman–Crippen LogP) is 3.84. The van der Waals surface area contributed by atoms with Gasteiger partial charge in [-0.05, 0) is 53.9 Å². The van der Waals surface area contributed by atoms with Crippen molar-refractivity contribution in [2.75, 3.05) is 0 Å². The Morgan fingerprint density at radius 1 is 1.14 bits per heavy atom. The van der Waals surface area contributed by atoms with Crippen molar-refractivity contribution < 1.29 is 5.11 Å². The van der Waals surface area contributed by atoms with E-state index in [1.807, 2.05) is 13.8 Å².